The number of nitrogens with one attached hydrogen (secondary N) is 2. The van der Waals surface area contributed by atoms with Gasteiger partial charge in [-0.05, 0) is 71.7 Å². The Bertz CT molecular complexity index is 1660. The SMILES string of the molecule is CC(C)Nc1cc(-c2ccc3cc(C#N)cnn23)ncc1-c1nnc(C(=O)N2CCC[C@H](NC(=O)OC(C)(C)C)C2)s1. The van der Waals surface area contributed by atoms with Crippen LogP contribution in [0.15, 0.2) is 36.7 Å². The Hall–Kier alpha value is -4.57. The van der Waals surface area contributed by atoms with Crippen molar-refractivity contribution in [2.45, 2.75) is 65.1 Å². The van der Waals surface area contributed by atoms with E-state index in [1.54, 1.807) is 21.7 Å². The Morgan fingerprint density at radius 1 is 1.19 bits per heavy atom. The number of piperidine rings is 1. The topological polar surface area (TPSA) is 150 Å². The molecule has 0 unspecified atom stereocenters. The summed E-state index contributed by atoms with van der Waals surface area (Å²) in [4.78, 5) is 32.0. The van der Waals surface area contributed by atoms with E-state index >= 15 is 0 Å². The van der Waals surface area contributed by atoms with Crippen LogP contribution in [0, 0.1) is 11.3 Å². The molecule has 42 heavy (non-hydrogen) atoms. The van der Waals surface area contributed by atoms with E-state index in [-0.39, 0.29) is 23.0 Å². The van der Waals surface area contributed by atoms with Gasteiger partial charge in [0.25, 0.3) is 5.91 Å². The lowest BCUT2D eigenvalue weighted by Gasteiger charge is -2.33. The number of likely N-dealkylation sites (tertiary alicyclic amines) is 1. The van der Waals surface area contributed by atoms with Gasteiger partial charge in [0.1, 0.15) is 11.7 Å². The molecule has 5 rings (SSSR count). The number of amides is 2. The van der Waals surface area contributed by atoms with E-state index in [9.17, 15) is 14.9 Å². The second-order valence-corrected chi connectivity index (χ2v) is 12.5. The molecular weight excluding hydrogens is 554 g/mol. The molecule has 4 aromatic rings. The quantitative estimate of drug-likeness (QED) is 0.326. The molecule has 12 nitrogen and oxygen atoms in total. The Labute approximate surface area is 247 Å². The molecule has 0 spiro atoms. The van der Waals surface area contributed by atoms with E-state index in [4.69, 9.17) is 9.72 Å². The fraction of sp³-hybridized carbons (Fsp3) is 0.414. The number of fused-ring (bicyclic) bond motifs is 1. The van der Waals surface area contributed by atoms with Gasteiger partial charge in [-0.3, -0.25) is 9.78 Å². The molecule has 0 saturated carbocycles. The van der Waals surface area contributed by atoms with Gasteiger partial charge in [0.2, 0.25) is 5.01 Å². The van der Waals surface area contributed by atoms with Crippen molar-refractivity contribution in [1.82, 2.24) is 35.0 Å². The van der Waals surface area contributed by atoms with Gasteiger partial charge in [-0.1, -0.05) is 11.3 Å². The van der Waals surface area contributed by atoms with Gasteiger partial charge in [-0.15, -0.1) is 10.2 Å². The van der Waals surface area contributed by atoms with Crippen LogP contribution >= 0.6 is 11.3 Å². The van der Waals surface area contributed by atoms with Crippen LogP contribution in [0.25, 0.3) is 27.5 Å². The van der Waals surface area contributed by atoms with Gasteiger partial charge in [-0.2, -0.15) is 10.4 Å². The van der Waals surface area contributed by atoms with Crippen LogP contribution in [0.4, 0.5) is 10.5 Å². The van der Waals surface area contributed by atoms with E-state index in [0.29, 0.717) is 29.4 Å². The summed E-state index contributed by atoms with van der Waals surface area (Å²) in [6.07, 6.45) is 4.28. The minimum Gasteiger partial charge on any atom is -0.444 e. The first-order valence-corrected chi connectivity index (χ1v) is 14.6. The Morgan fingerprint density at radius 3 is 2.74 bits per heavy atom. The van der Waals surface area contributed by atoms with Crippen molar-refractivity contribution in [3.8, 4) is 28.0 Å². The maximum absolute atomic E-state index is 13.4. The number of alkyl carbamates (subject to hydrolysis) is 1. The lowest BCUT2D eigenvalue weighted by molar-refractivity contribution is 0.0452. The summed E-state index contributed by atoms with van der Waals surface area (Å²) in [5.74, 6) is -0.222. The average molecular weight is 588 g/mol. The number of ether oxygens (including phenoxy) is 1. The minimum atomic E-state index is -0.595. The molecule has 4 aromatic heterocycles. The predicted octanol–water partition coefficient (Wildman–Crippen LogP) is 4.74. The third-order valence-corrected chi connectivity index (χ3v) is 7.45. The van der Waals surface area contributed by atoms with E-state index < -0.39 is 11.7 Å². The first-order valence-electron chi connectivity index (χ1n) is 13.8. The van der Waals surface area contributed by atoms with E-state index in [1.165, 1.54) is 17.5 Å². The summed E-state index contributed by atoms with van der Waals surface area (Å²) < 4.78 is 7.12. The lowest BCUT2D eigenvalue weighted by atomic mass is 10.1. The lowest BCUT2D eigenvalue weighted by Crippen LogP contribution is -2.50. The van der Waals surface area contributed by atoms with Crippen LogP contribution in [0.3, 0.4) is 0 Å². The predicted molar refractivity (Wildman–Crippen MR) is 159 cm³/mol. The molecule has 0 bridgehead atoms. The van der Waals surface area contributed by atoms with Crippen LogP contribution in [-0.4, -0.2) is 72.5 Å². The van der Waals surface area contributed by atoms with Crippen LogP contribution < -0.4 is 10.6 Å². The van der Waals surface area contributed by atoms with Crippen LogP contribution in [-0.2, 0) is 4.74 Å². The molecule has 1 saturated heterocycles. The molecule has 218 valence electrons. The van der Waals surface area contributed by atoms with Crippen molar-refractivity contribution in [2.75, 3.05) is 18.4 Å². The molecule has 5 heterocycles. The van der Waals surface area contributed by atoms with Crippen molar-refractivity contribution >= 4 is 34.5 Å². The number of pyridine rings is 1. The highest BCUT2D eigenvalue weighted by Gasteiger charge is 2.29. The standard InChI is InChI=1S/C29H33N9O3S/c1-17(2)33-22-12-23(24-9-8-20-11-18(13-30)14-32-38(20)24)31-15-21(22)25-35-36-26(42-25)27(39)37-10-6-7-19(16-37)34-28(40)41-29(3,4)5/h8-9,11-12,14-15,17,19H,6-7,10,16H2,1-5H3,(H,31,33)(H,34,40)/t19-/m0/s1. The van der Waals surface area contributed by atoms with Gasteiger partial charge < -0.3 is 20.3 Å². The molecule has 1 aliphatic rings. The van der Waals surface area contributed by atoms with E-state index in [0.717, 1.165) is 35.3 Å². The minimum absolute atomic E-state index is 0.121. The molecule has 0 aromatic carbocycles. The highest BCUT2D eigenvalue weighted by atomic mass is 32.1. The Balaban J connectivity index is 1.36. The molecule has 2 N–H and O–H groups in total. The summed E-state index contributed by atoms with van der Waals surface area (Å²) in [5, 5.41) is 29.3. The zero-order valence-corrected chi connectivity index (χ0v) is 25.0. The second-order valence-electron chi connectivity index (χ2n) is 11.5. The van der Waals surface area contributed by atoms with Crippen molar-refractivity contribution in [3.05, 3.63) is 47.2 Å². The highest BCUT2D eigenvalue weighted by Crippen LogP contribution is 2.34. The zero-order valence-electron chi connectivity index (χ0n) is 24.2. The molecule has 0 aliphatic carbocycles. The van der Waals surface area contributed by atoms with Gasteiger partial charge >= 0.3 is 6.09 Å². The van der Waals surface area contributed by atoms with Crippen molar-refractivity contribution < 1.29 is 14.3 Å². The molecule has 13 heteroatoms. The van der Waals surface area contributed by atoms with Crippen molar-refractivity contribution in [1.29, 1.82) is 5.26 Å². The number of aromatic nitrogens is 5. The van der Waals surface area contributed by atoms with Gasteiger partial charge in [0, 0.05) is 37.1 Å². The summed E-state index contributed by atoms with van der Waals surface area (Å²) >= 11 is 1.21. The number of carbonyl (C=O) groups is 2. The number of hydrogen-bond donors (Lipinski definition) is 2. The van der Waals surface area contributed by atoms with Gasteiger partial charge in [0.15, 0.2) is 5.01 Å². The number of nitriles is 1. The normalized spacial score (nSPS) is 15.5. The van der Waals surface area contributed by atoms with Crippen molar-refractivity contribution in [2.24, 2.45) is 0 Å². The first kappa shape index (κ1) is 28.9. The zero-order chi connectivity index (χ0) is 30.0. The monoisotopic (exact) mass is 587 g/mol. The fourth-order valence-electron chi connectivity index (χ4n) is 4.76. The number of carbonyl (C=O) groups excluding carboxylic acids is 2. The van der Waals surface area contributed by atoms with E-state index in [2.05, 4.69) is 32.0 Å². The number of nitrogens with zero attached hydrogens (tertiary/aromatic N) is 7. The second kappa shape index (κ2) is 11.7. The molecule has 2 amide bonds. The smallest absolute Gasteiger partial charge is 0.407 e. The van der Waals surface area contributed by atoms with Gasteiger partial charge in [-0.25, -0.2) is 9.31 Å². The number of rotatable bonds is 6. The van der Waals surface area contributed by atoms with Gasteiger partial charge in [0.05, 0.1) is 34.2 Å². The van der Waals surface area contributed by atoms with Crippen LogP contribution in [0.5, 0.6) is 0 Å². The van der Waals surface area contributed by atoms with Crippen molar-refractivity contribution in [3.63, 3.8) is 0 Å². The number of anilines is 1. The first-order chi connectivity index (χ1) is 20.0. The molecule has 1 atom stereocenters. The Kier molecular flexibility index (Phi) is 8.08. The van der Waals surface area contributed by atoms with Crippen LogP contribution in [0.1, 0.15) is 62.8 Å². The summed E-state index contributed by atoms with van der Waals surface area (Å²) in [6, 6.07) is 9.54. The summed E-state index contributed by atoms with van der Waals surface area (Å²) in [6.45, 7) is 10.5. The maximum atomic E-state index is 13.4. The summed E-state index contributed by atoms with van der Waals surface area (Å²) in [5.41, 5.74) is 3.68. The maximum Gasteiger partial charge on any atom is 0.407 e. The largest absolute Gasteiger partial charge is 0.444 e. The summed E-state index contributed by atoms with van der Waals surface area (Å²) in [7, 11) is 0. The number of hydrogen-bond acceptors (Lipinski definition) is 10. The Morgan fingerprint density at radius 2 is 2.00 bits per heavy atom. The molecule has 0 radical (unpaired) electrons. The average Bonchev–Trinajstić information content (AvgIpc) is 3.59. The molecule has 1 fully saturated rings. The van der Waals surface area contributed by atoms with E-state index in [1.807, 2.05) is 52.8 Å². The highest BCUT2D eigenvalue weighted by molar-refractivity contribution is 7.16. The third kappa shape index (κ3) is 6.49. The molecular formula is C29H33N9O3S. The third-order valence-electron chi connectivity index (χ3n) is 6.51. The molecule has 1 aliphatic heterocycles. The van der Waals surface area contributed by atoms with Crippen LogP contribution in [0.2, 0.25) is 0 Å². The fourth-order valence-corrected chi connectivity index (χ4v) is 5.59.